The molecule has 0 fully saturated rings. The van der Waals surface area contributed by atoms with Gasteiger partial charge in [0.15, 0.2) is 6.29 Å². The molecule has 82 valence electrons. The summed E-state index contributed by atoms with van der Waals surface area (Å²) in [5.74, 6) is 0. The Hall–Kier alpha value is -0.175. The minimum atomic E-state index is -1.98. The fourth-order valence-corrected chi connectivity index (χ4v) is 0.838. The normalized spacial score (nSPS) is 20.5. The predicted octanol–water partition coefficient (Wildman–Crippen LogP) is -3.09. The molecular formula is C7H15BO6. The average molecular weight is 206 g/mol. The van der Waals surface area contributed by atoms with Gasteiger partial charge in [0.2, 0.25) is 0 Å². The van der Waals surface area contributed by atoms with Gasteiger partial charge in [0.05, 0.1) is 12.7 Å². The minimum absolute atomic E-state index is 0.520. The van der Waals surface area contributed by atoms with Crippen molar-refractivity contribution in [2.75, 3.05) is 6.61 Å². The summed E-state index contributed by atoms with van der Waals surface area (Å²) in [5, 5.41) is 44.1. The molecule has 0 rings (SSSR count). The molecule has 0 aliphatic carbocycles. The topological polar surface area (TPSA) is 110 Å². The highest BCUT2D eigenvalue weighted by atomic mass is 16.6. The number of rotatable bonds is 6. The molecule has 0 aliphatic rings. The number of aliphatic hydroxyl groups is 5. The van der Waals surface area contributed by atoms with Gasteiger partial charge in [0.25, 0.3) is 0 Å². The zero-order valence-electron chi connectivity index (χ0n) is 7.82. The first kappa shape index (κ1) is 13.8. The van der Waals surface area contributed by atoms with E-state index in [0.717, 1.165) is 0 Å². The third-order valence-corrected chi connectivity index (χ3v) is 1.68. The third-order valence-electron chi connectivity index (χ3n) is 1.68. The van der Waals surface area contributed by atoms with Crippen molar-refractivity contribution in [3.05, 3.63) is 0 Å². The van der Waals surface area contributed by atoms with Crippen LogP contribution in [-0.4, -0.2) is 70.6 Å². The molecule has 0 aliphatic heterocycles. The van der Waals surface area contributed by atoms with E-state index in [1.807, 2.05) is 0 Å². The molecule has 0 aromatic heterocycles. The van der Waals surface area contributed by atoms with Gasteiger partial charge in [-0.15, -0.1) is 0 Å². The lowest BCUT2D eigenvalue weighted by Gasteiger charge is -2.28. The summed E-state index contributed by atoms with van der Waals surface area (Å²) in [7, 11) is 4.99. The highest BCUT2D eigenvalue weighted by molar-refractivity contribution is 6.11. The van der Waals surface area contributed by atoms with E-state index < -0.39 is 37.2 Å². The second kappa shape index (κ2) is 6.33. The highest BCUT2D eigenvalue weighted by Gasteiger charge is 2.28. The molecule has 0 amide bonds. The second-order valence-electron chi connectivity index (χ2n) is 2.97. The Kier molecular flexibility index (Phi) is 6.26. The molecule has 4 atom stereocenters. The molecule has 0 bridgehead atoms. The van der Waals surface area contributed by atoms with Gasteiger partial charge in [-0.1, -0.05) is 0 Å². The molecule has 0 aromatic rings. The van der Waals surface area contributed by atoms with Gasteiger partial charge in [-0.05, 0) is 6.92 Å². The molecular weight excluding hydrogens is 191 g/mol. The maximum absolute atomic E-state index is 9.05. The van der Waals surface area contributed by atoms with E-state index >= 15 is 0 Å². The van der Waals surface area contributed by atoms with Crippen LogP contribution in [0.5, 0.6) is 0 Å². The SMILES string of the molecule is [B]C(O)C(OC(CO)C(C)O)C(O)O. The van der Waals surface area contributed by atoms with E-state index in [4.69, 9.17) is 38.1 Å². The van der Waals surface area contributed by atoms with Gasteiger partial charge in [0.1, 0.15) is 20.1 Å². The van der Waals surface area contributed by atoms with E-state index in [1.54, 1.807) is 0 Å². The molecule has 0 saturated carbocycles. The van der Waals surface area contributed by atoms with E-state index in [1.165, 1.54) is 6.92 Å². The Morgan fingerprint density at radius 1 is 1.21 bits per heavy atom. The quantitative estimate of drug-likeness (QED) is 0.233. The lowest BCUT2D eigenvalue weighted by Crippen LogP contribution is -2.45. The fourth-order valence-electron chi connectivity index (χ4n) is 0.838. The third kappa shape index (κ3) is 4.36. The first-order valence-corrected chi connectivity index (χ1v) is 4.14. The van der Waals surface area contributed by atoms with Crippen molar-refractivity contribution in [1.29, 1.82) is 0 Å². The van der Waals surface area contributed by atoms with E-state index in [2.05, 4.69) is 0 Å². The molecule has 0 spiro atoms. The fraction of sp³-hybridized carbons (Fsp3) is 1.00. The van der Waals surface area contributed by atoms with Gasteiger partial charge < -0.3 is 30.3 Å². The Labute approximate surface area is 83.2 Å². The van der Waals surface area contributed by atoms with Crippen LogP contribution in [0.3, 0.4) is 0 Å². The minimum Gasteiger partial charge on any atom is -0.400 e. The maximum atomic E-state index is 9.05. The zero-order chi connectivity index (χ0) is 11.3. The van der Waals surface area contributed by atoms with Crippen molar-refractivity contribution >= 4 is 7.85 Å². The van der Waals surface area contributed by atoms with E-state index in [9.17, 15) is 0 Å². The van der Waals surface area contributed by atoms with Gasteiger partial charge in [0, 0.05) is 6.00 Å². The summed E-state index contributed by atoms with van der Waals surface area (Å²) < 4.78 is 4.81. The lowest BCUT2D eigenvalue weighted by molar-refractivity contribution is -0.202. The predicted molar refractivity (Wildman–Crippen MR) is 47.4 cm³/mol. The van der Waals surface area contributed by atoms with Gasteiger partial charge in [-0.3, -0.25) is 0 Å². The molecule has 4 unspecified atom stereocenters. The van der Waals surface area contributed by atoms with Crippen LogP contribution in [0.25, 0.3) is 0 Å². The Morgan fingerprint density at radius 3 is 1.93 bits per heavy atom. The summed E-state index contributed by atoms with van der Waals surface area (Å²) in [5.41, 5.74) is 0. The molecule has 2 radical (unpaired) electrons. The highest BCUT2D eigenvalue weighted by Crippen LogP contribution is 2.08. The van der Waals surface area contributed by atoms with Crippen LogP contribution in [0.1, 0.15) is 6.92 Å². The van der Waals surface area contributed by atoms with Crippen molar-refractivity contribution in [2.45, 2.75) is 37.5 Å². The van der Waals surface area contributed by atoms with Crippen LogP contribution in [0.2, 0.25) is 0 Å². The van der Waals surface area contributed by atoms with Crippen molar-refractivity contribution < 1.29 is 30.3 Å². The van der Waals surface area contributed by atoms with Crippen LogP contribution in [0, 0.1) is 0 Å². The molecule has 5 N–H and O–H groups in total. The first-order chi connectivity index (χ1) is 6.40. The van der Waals surface area contributed by atoms with Crippen LogP contribution in [0.4, 0.5) is 0 Å². The van der Waals surface area contributed by atoms with E-state index in [-0.39, 0.29) is 0 Å². The van der Waals surface area contributed by atoms with Crippen molar-refractivity contribution in [1.82, 2.24) is 0 Å². The van der Waals surface area contributed by atoms with Crippen LogP contribution in [-0.2, 0) is 4.74 Å². The number of hydrogen-bond donors (Lipinski definition) is 5. The zero-order valence-corrected chi connectivity index (χ0v) is 7.82. The summed E-state index contributed by atoms with van der Waals surface area (Å²) in [6.07, 6.45) is -5.50. The standard InChI is InChI=1S/C7H15BO6/c1-3(10)4(2-9)14-5(6(8)11)7(12)13/h3-7,9-13H,2H2,1H3. The second-order valence-corrected chi connectivity index (χ2v) is 2.97. The largest absolute Gasteiger partial charge is 0.400 e. The van der Waals surface area contributed by atoms with Crippen molar-refractivity contribution in [3.8, 4) is 0 Å². The van der Waals surface area contributed by atoms with Crippen molar-refractivity contribution in [2.24, 2.45) is 0 Å². The van der Waals surface area contributed by atoms with Gasteiger partial charge in [-0.2, -0.15) is 0 Å². The Bertz CT molecular complexity index is 143. The maximum Gasteiger partial charge on any atom is 0.180 e. The Balaban J connectivity index is 4.26. The molecule has 7 heteroatoms. The Morgan fingerprint density at radius 2 is 1.71 bits per heavy atom. The number of aliphatic hydroxyl groups excluding tert-OH is 4. The molecule has 14 heavy (non-hydrogen) atoms. The summed E-state index contributed by atoms with van der Waals surface area (Å²) in [4.78, 5) is 0. The van der Waals surface area contributed by atoms with Crippen LogP contribution in [0.15, 0.2) is 0 Å². The molecule has 0 saturated heterocycles. The van der Waals surface area contributed by atoms with E-state index in [0.29, 0.717) is 0 Å². The smallest absolute Gasteiger partial charge is 0.180 e. The molecule has 6 nitrogen and oxygen atoms in total. The van der Waals surface area contributed by atoms with Crippen molar-refractivity contribution in [3.63, 3.8) is 0 Å². The monoisotopic (exact) mass is 206 g/mol. The summed E-state index contributed by atoms with van der Waals surface area (Å²) in [6, 6.07) is -1.61. The summed E-state index contributed by atoms with van der Waals surface area (Å²) in [6.45, 7) is 0.832. The first-order valence-electron chi connectivity index (χ1n) is 4.14. The lowest BCUT2D eigenvalue weighted by atomic mass is 9.94. The number of ether oxygens (including phenoxy) is 1. The number of hydrogen-bond acceptors (Lipinski definition) is 6. The summed E-state index contributed by atoms with van der Waals surface area (Å²) >= 11 is 0. The van der Waals surface area contributed by atoms with Crippen LogP contribution < -0.4 is 0 Å². The van der Waals surface area contributed by atoms with Gasteiger partial charge >= 0.3 is 0 Å². The molecule has 0 heterocycles. The van der Waals surface area contributed by atoms with Gasteiger partial charge in [-0.25, -0.2) is 0 Å². The average Bonchev–Trinajstić information content (AvgIpc) is 2.03. The molecule has 0 aromatic carbocycles. The van der Waals surface area contributed by atoms with Crippen LogP contribution >= 0.6 is 0 Å².